The lowest BCUT2D eigenvalue weighted by Crippen LogP contribution is -2.36. The number of hydrogen-bond acceptors (Lipinski definition) is 5. The molecule has 1 fully saturated rings. The van der Waals surface area contributed by atoms with Crippen LogP contribution in [0.5, 0.6) is 11.5 Å². The van der Waals surface area contributed by atoms with Crippen molar-refractivity contribution >= 4 is 5.65 Å². The fraction of sp³-hybridized carbons (Fsp3) is 0.455. The Morgan fingerprint density at radius 1 is 1.24 bits per heavy atom. The molecule has 3 heterocycles. The summed E-state index contributed by atoms with van der Waals surface area (Å²) in [6, 6.07) is 8.07. The van der Waals surface area contributed by atoms with Gasteiger partial charge in [0, 0.05) is 43.7 Å². The maximum Gasteiger partial charge on any atom is 0.277 e. The van der Waals surface area contributed by atoms with Gasteiger partial charge in [-0.3, -0.25) is 14.8 Å². The molecule has 29 heavy (non-hydrogen) atoms. The normalized spacial score (nSPS) is 16.8. The predicted octanol–water partition coefficient (Wildman–Crippen LogP) is 2.87. The van der Waals surface area contributed by atoms with Gasteiger partial charge in [0.15, 0.2) is 17.1 Å². The number of ether oxygens (including phenoxy) is 2. The van der Waals surface area contributed by atoms with Gasteiger partial charge in [-0.05, 0) is 37.5 Å². The van der Waals surface area contributed by atoms with Crippen LogP contribution in [0, 0.1) is 0 Å². The number of nitrogens with one attached hydrogen (secondary N) is 1. The van der Waals surface area contributed by atoms with Gasteiger partial charge < -0.3 is 9.47 Å². The van der Waals surface area contributed by atoms with E-state index in [9.17, 15) is 4.79 Å². The molecule has 1 aliphatic heterocycles. The third-order valence-electron chi connectivity index (χ3n) is 5.81. The number of nitrogens with zero attached hydrogens (tertiary/aromatic N) is 3. The van der Waals surface area contributed by atoms with Gasteiger partial charge in [0.25, 0.3) is 5.56 Å². The first-order chi connectivity index (χ1) is 14.2. The number of methoxy groups -OCH3 is 1. The van der Waals surface area contributed by atoms with Crippen LogP contribution < -0.4 is 15.0 Å². The maximum atomic E-state index is 13.1. The quantitative estimate of drug-likeness (QED) is 0.696. The summed E-state index contributed by atoms with van der Waals surface area (Å²) in [7, 11) is 1.66. The van der Waals surface area contributed by atoms with Crippen molar-refractivity contribution in [2.45, 2.75) is 45.2 Å². The standard InChI is InChI=1S/C22H26N4O3/c1-3-29-19-7-4-14(10-20(19)28-2)12-25-9-8-17-16(13-25)22(27)26-21(23-17)11-18(24-26)15-5-6-15/h4,7,10-11,15,24H,3,5-6,8-9,12-13H2,1-2H3. The van der Waals surface area contributed by atoms with Gasteiger partial charge in [-0.1, -0.05) is 6.07 Å². The van der Waals surface area contributed by atoms with Crippen molar-refractivity contribution in [2.75, 3.05) is 20.3 Å². The Labute approximate surface area is 169 Å². The highest BCUT2D eigenvalue weighted by Crippen LogP contribution is 2.39. The number of H-pyrrole nitrogens is 1. The highest BCUT2D eigenvalue weighted by Gasteiger charge is 2.27. The van der Waals surface area contributed by atoms with E-state index < -0.39 is 0 Å². The molecular formula is C22H26N4O3. The molecule has 3 aromatic rings. The summed E-state index contributed by atoms with van der Waals surface area (Å²) in [6.45, 7) is 4.80. The summed E-state index contributed by atoms with van der Waals surface area (Å²) in [5, 5.41) is 3.27. The zero-order valence-corrected chi connectivity index (χ0v) is 16.9. The number of aromatic amines is 1. The molecule has 7 heteroatoms. The van der Waals surface area contributed by atoms with Crippen LogP contribution in [0.2, 0.25) is 0 Å². The first-order valence-corrected chi connectivity index (χ1v) is 10.3. The highest BCUT2D eigenvalue weighted by molar-refractivity contribution is 5.44. The van der Waals surface area contributed by atoms with Crippen molar-refractivity contribution in [3.8, 4) is 11.5 Å². The van der Waals surface area contributed by atoms with Gasteiger partial charge in [0.05, 0.1) is 25.0 Å². The third kappa shape index (κ3) is 3.40. The van der Waals surface area contributed by atoms with Gasteiger partial charge in [0.2, 0.25) is 0 Å². The molecule has 5 rings (SSSR count). The lowest BCUT2D eigenvalue weighted by atomic mass is 10.1. The van der Waals surface area contributed by atoms with Crippen molar-refractivity contribution in [1.29, 1.82) is 0 Å². The molecule has 2 aromatic heterocycles. The fourth-order valence-corrected chi connectivity index (χ4v) is 4.14. The number of hydrogen-bond donors (Lipinski definition) is 1. The number of aromatic nitrogens is 3. The first-order valence-electron chi connectivity index (χ1n) is 10.3. The van der Waals surface area contributed by atoms with Crippen LogP contribution in [-0.2, 0) is 19.5 Å². The largest absolute Gasteiger partial charge is 0.493 e. The molecule has 2 aliphatic rings. The van der Waals surface area contributed by atoms with E-state index in [0.29, 0.717) is 19.1 Å². The average Bonchev–Trinajstić information content (AvgIpc) is 3.49. The molecule has 0 unspecified atom stereocenters. The van der Waals surface area contributed by atoms with Gasteiger partial charge in [-0.15, -0.1) is 0 Å². The maximum absolute atomic E-state index is 13.1. The van der Waals surface area contributed by atoms with Gasteiger partial charge in [-0.25, -0.2) is 9.50 Å². The second kappa shape index (κ2) is 7.22. The van der Waals surface area contributed by atoms with E-state index in [-0.39, 0.29) is 5.56 Å². The van der Waals surface area contributed by atoms with Gasteiger partial charge >= 0.3 is 0 Å². The van der Waals surface area contributed by atoms with E-state index in [4.69, 9.17) is 14.5 Å². The molecule has 0 radical (unpaired) electrons. The van der Waals surface area contributed by atoms with Crippen molar-refractivity contribution in [3.63, 3.8) is 0 Å². The molecule has 0 amide bonds. The first kappa shape index (κ1) is 18.2. The van der Waals surface area contributed by atoms with Gasteiger partial charge in [-0.2, -0.15) is 0 Å². The molecule has 0 saturated heterocycles. The van der Waals surface area contributed by atoms with Crippen molar-refractivity contribution in [1.82, 2.24) is 19.5 Å². The summed E-state index contributed by atoms with van der Waals surface area (Å²) in [4.78, 5) is 20.1. The molecule has 0 bridgehead atoms. The molecule has 1 aliphatic carbocycles. The number of fused-ring (bicyclic) bond motifs is 2. The van der Waals surface area contributed by atoms with E-state index in [1.54, 1.807) is 11.6 Å². The molecule has 0 spiro atoms. The van der Waals surface area contributed by atoms with E-state index in [2.05, 4.69) is 16.1 Å². The van der Waals surface area contributed by atoms with Crippen LogP contribution in [-0.4, -0.2) is 39.8 Å². The minimum Gasteiger partial charge on any atom is -0.493 e. The highest BCUT2D eigenvalue weighted by atomic mass is 16.5. The van der Waals surface area contributed by atoms with Crippen LogP contribution in [0.25, 0.3) is 5.65 Å². The topological polar surface area (TPSA) is 71.9 Å². The van der Waals surface area contributed by atoms with Crippen LogP contribution in [0.3, 0.4) is 0 Å². The van der Waals surface area contributed by atoms with E-state index >= 15 is 0 Å². The molecule has 0 atom stereocenters. The lowest BCUT2D eigenvalue weighted by Gasteiger charge is -2.27. The van der Waals surface area contributed by atoms with Crippen LogP contribution in [0.4, 0.5) is 0 Å². The Morgan fingerprint density at radius 3 is 2.86 bits per heavy atom. The van der Waals surface area contributed by atoms with E-state index in [1.165, 1.54) is 12.8 Å². The Bertz CT molecular complexity index is 1110. The van der Waals surface area contributed by atoms with Crippen molar-refractivity contribution in [3.05, 3.63) is 57.1 Å². The van der Waals surface area contributed by atoms with Crippen LogP contribution >= 0.6 is 0 Å². The van der Waals surface area contributed by atoms with E-state index in [1.807, 2.05) is 25.1 Å². The zero-order valence-electron chi connectivity index (χ0n) is 16.9. The Hall–Kier alpha value is -2.80. The Balaban J connectivity index is 1.39. The average molecular weight is 394 g/mol. The number of rotatable bonds is 6. The monoisotopic (exact) mass is 394 g/mol. The Kier molecular flexibility index (Phi) is 4.54. The molecule has 1 N–H and O–H groups in total. The van der Waals surface area contributed by atoms with Crippen LogP contribution in [0.15, 0.2) is 29.1 Å². The molecule has 152 valence electrons. The molecule has 1 saturated carbocycles. The molecule has 7 nitrogen and oxygen atoms in total. The Morgan fingerprint density at radius 2 is 2.10 bits per heavy atom. The lowest BCUT2D eigenvalue weighted by molar-refractivity contribution is 0.241. The minimum atomic E-state index is 0.0332. The minimum absolute atomic E-state index is 0.0332. The molecule has 1 aromatic carbocycles. The summed E-state index contributed by atoms with van der Waals surface area (Å²) in [6.07, 6.45) is 3.18. The summed E-state index contributed by atoms with van der Waals surface area (Å²) in [5.41, 5.74) is 4.80. The third-order valence-corrected chi connectivity index (χ3v) is 5.81. The SMILES string of the molecule is CCOc1ccc(CN2CCc3nc4cc(C5CC5)[nH]n4c(=O)c3C2)cc1OC. The summed E-state index contributed by atoms with van der Waals surface area (Å²) in [5.74, 6) is 2.06. The van der Waals surface area contributed by atoms with E-state index in [0.717, 1.165) is 59.2 Å². The van der Waals surface area contributed by atoms with Crippen molar-refractivity contribution < 1.29 is 9.47 Å². The summed E-state index contributed by atoms with van der Waals surface area (Å²) < 4.78 is 12.7. The smallest absolute Gasteiger partial charge is 0.277 e. The predicted molar refractivity (Wildman–Crippen MR) is 110 cm³/mol. The fourth-order valence-electron chi connectivity index (χ4n) is 4.14. The second-order valence-electron chi connectivity index (χ2n) is 7.90. The van der Waals surface area contributed by atoms with Gasteiger partial charge in [0.1, 0.15) is 0 Å². The zero-order chi connectivity index (χ0) is 20.0. The summed E-state index contributed by atoms with van der Waals surface area (Å²) >= 11 is 0. The van der Waals surface area contributed by atoms with Crippen molar-refractivity contribution in [2.24, 2.45) is 0 Å². The molecular weight excluding hydrogens is 368 g/mol. The number of benzene rings is 1. The van der Waals surface area contributed by atoms with Crippen LogP contribution in [0.1, 0.15) is 48.2 Å². The second-order valence-corrected chi connectivity index (χ2v) is 7.90.